The zero-order valence-electron chi connectivity index (χ0n) is 13.0. The number of thiophene rings is 1. The van der Waals surface area contributed by atoms with E-state index in [-0.39, 0.29) is 18.2 Å². The molecule has 1 amide bonds. The number of likely N-dealkylation sites (tertiary alicyclic amines) is 1. The average molecular weight is 324 g/mol. The smallest absolute Gasteiger partial charge is 0.237 e. The third kappa shape index (κ3) is 3.87. The zero-order chi connectivity index (χ0) is 15.4. The summed E-state index contributed by atoms with van der Waals surface area (Å²) >= 11 is 1.67. The number of hydrogen-bond donors (Lipinski definition) is 1. The second-order valence-corrected chi connectivity index (χ2v) is 6.99. The highest BCUT2D eigenvalue weighted by molar-refractivity contribution is 7.09. The molecule has 1 unspecified atom stereocenters. The Morgan fingerprint density at radius 2 is 2.14 bits per heavy atom. The highest BCUT2D eigenvalue weighted by atomic mass is 32.1. The fourth-order valence-electron chi connectivity index (χ4n) is 3.13. The van der Waals surface area contributed by atoms with E-state index in [4.69, 9.17) is 9.47 Å². The van der Waals surface area contributed by atoms with E-state index in [0.29, 0.717) is 25.7 Å². The molecule has 1 aromatic heterocycles. The Balaban J connectivity index is 1.42. The number of carbonyl (C=O) groups excluding carboxylic acids is 1. The molecule has 3 rings (SSSR count). The summed E-state index contributed by atoms with van der Waals surface area (Å²) in [5.41, 5.74) is 0. The summed E-state index contributed by atoms with van der Waals surface area (Å²) in [6.45, 7) is 5.91. The van der Waals surface area contributed by atoms with Gasteiger partial charge in [0.2, 0.25) is 5.91 Å². The molecule has 0 aliphatic carbocycles. The Morgan fingerprint density at radius 3 is 2.77 bits per heavy atom. The maximum atomic E-state index is 12.3. The lowest BCUT2D eigenvalue weighted by atomic mass is 9.95. The van der Waals surface area contributed by atoms with Crippen molar-refractivity contribution in [3.8, 4) is 0 Å². The van der Waals surface area contributed by atoms with Gasteiger partial charge in [0, 0.05) is 10.8 Å². The Morgan fingerprint density at radius 1 is 1.41 bits per heavy atom. The summed E-state index contributed by atoms with van der Waals surface area (Å²) in [5.74, 6) is 0.584. The van der Waals surface area contributed by atoms with E-state index in [9.17, 15) is 4.79 Å². The van der Waals surface area contributed by atoms with Crippen LogP contribution in [0.4, 0.5) is 0 Å². The SMILES string of the molecule is CC(C(=O)NCc1cccs1)N1CCC(C2OCCO2)CC1. The second kappa shape index (κ2) is 7.55. The summed E-state index contributed by atoms with van der Waals surface area (Å²) in [6, 6.07) is 3.97. The fourth-order valence-corrected chi connectivity index (χ4v) is 3.77. The minimum Gasteiger partial charge on any atom is -0.350 e. The molecule has 3 heterocycles. The summed E-state index contributed by atoms with van der Waals surface area (Å²) < 4.78 is 11.2. The van der Waals surface area contributed by atoms with Crippen LogP contribution in [0.3, 0.4) is 0 Å². The first-order valence-corrected chi connectivity index (χ1v) is 8.89. The van der Waals surface area contributed by atoms with Crippen LogP contribution in [0.25, 0.3) is 0 Å². The number of carbonyl (C=O) groups is 1. The van der Waals surface area contributed by atoms with E-state index in [1.165, 1.54) is 4.88 Å². The lowest BCUT2D eigenvalue weighted by Crippen LogP contribution is -2.49. The van der Waals surface area contributed by atoms with Crippen LogP contribution in [0.5, 0.6) is 0 Å². The van der Waals surface area contributed by atoms with E-state index in [2.05, 4.69) is 10.2 Å². The first-order valence-electron chi connectivity index (χ1n) is 8.01. The van der Waals surface area contributed by atoms with Gasteiger partial charge < -0.3 is 14.8 Å². The monoisotopic (exact) mass is 324 g/mol. The van der Waals surface area contributed by atoms with Crippen molar-refractivity contribution in [3.05, 3.63) is 22.4 Å². The first kappa shape index (κ1) is 15.9. The minimum absolute atomic E-state index is 0.0230. The number of rotatable bonds is 5. The number of ether oxygens (including phenoxy) is 2. The quantitative estimate of drug-likeness (QED) is 0.898. The van der Waals surface area contributed by atoms with Crippen molar-refractivity contribution < 1.29 is 14.3 Å². The van der Waals surface area contributed by atoms with Gasteiger partial charge in [0.25, 0.3) is 0 Å². The van der Waals surface area contributed by atoms with Crippen molar-refractivity contribution in [2.24, 2.45) is 5.92 Å². The van der Waals surface area contributed by atoms with Crippen LogP contribution in [0, 0.1) is 5.92 Å². The molecule has 2 saturated heterocycles. The van der Waals surface area contributed by atoms with Gasteiger partial charge in [-0.2, -0.15) is 0 Å². The van der Waals surface area contributed by atoms with E-state index in [0.717, 1.165) is 25.9 Å². The second-order valence-electron chi connectivity index (χ2n) is 5.96. The predicted octanol–water partition coefficient (Wildman–Crippen LogP) is 1.84. The van der Waals surface area contributed by atoms with Gasteiger partial charge in [-0.3, -0.25) is 9.69 Å². The topological polar surface area (TPSA) is 50.8 Å². The number of nitrogens with zero attached hydrogens (tertiary/aromatic N) is 1. The van der Waals surface area contributed by atoms with E-state index < -0.39 is 0 Å². The first-order chi connectivity index (χ1) is 10.7. The molecule has 2 fully saturated rings. The average Bonchev–Trinajstić information content (AvgIpc) is 3.25. The van der Waals surface area contributed by atoms with Gasteiger partial charge in [-0.05, 0) is 44.3 Å². The molecule has 1 aromatic rings. The Kier molecular flexibility index (Phi) is 5.46. The number of hydrogen-bond acceptors (Lipinski definition) is 5. The van der Waals surface area contributed by atoms with Crippen LogP contribution in [-0.2, 0) is 20.8 Å². The molecule has 5 nitrogen and oxygen atoms in total. The largest absolute Gasteiger partial charge is 0.350 e. The van der Waals surface area contributed by atoms with Crippen molar-refractivity contribution in [2.45, 2.75) is 38.6 Å². The van der Waals surface area contributed by atoms with Crippen molar-refractivity contribution >= 4 is 17.2 Å². The highest BCUT2D eigenvalue weighted by Gasteiger charge is 2.32. The van der Waals surface area contributed by atoms with Crippen LogP contribution in [0.1, 0.15) is 24.6 Å². The van der Waals surface area contributed by atoms with Crippen molar-refractivity contribution in [1.82, 2.24) is 10.2 Å². The van der Waals surface area contributed by atoms with Gasteiger partial charge in [-0.15, -0.1) is 11.3 Å². The molecule has 122 valence electrons. The number of amides is 1. The molecular weight excluding hydrogens is 300 g/mol. The molecule has 0 radical (unpaired) electrons. The van der Waals surface area contributed by atoms with Gasteiger partial charge in [0.05, 0.1) is 25.8 Å². The van der Waals surface area contributed by atoms with Crippen molar-refractivity contribution in [1.29, 1.82) is 0 Å². The normalized spacial score (nSPS) is 22.8. The van der Waals surface area contributed by atoms with Crippen LogP contribution < -0.4 is 5.32 Å². The molecule has 1 atom stereocenters. The molecule has 0 bridgehead atoms. The summed E-state index contributed by atoms with van der Waals surface area (Å²) in [6.07, 6.45) is 2.05. The molecule has 2 aliphatic heterocycles. The Hall–Kier alpha value is -0.950. The van der Waals surface area contributed by atoms with Gasteiger partial charge in [0.1, 0.15) is 0 Å². The highest BCUT2D eigenvalue weighted by Crippen LogP contribution is 2.26. The Labute approximate surface area is 135 Å². The van der Waals surface area contributed by atoms with Gasteiger partial charge in [0.15, 0.2) is 6.29 Å². The lowest BCUT2D eigenvalue weighted by Gasteiger charge is -2.36. The van der Waals surface area contributed by atoms with Crippen LogP contribution >= 0.6 is 11.3 Å². The van der Waals surface area contributed by atoms with Crippen molar-refractivity contribution in [2.75, 3.05) is 26.3 Å². The van der Waals surface area contributed by atoms with Crippen LogP contribution in [0.2, 0.25) is 0 Å². The van der Waals surface area contributed by atoms with E-state index in [1.807, 2.05) is 24.4 Å². The van der Waals surface area contributed by atoms with Gasteiger partial charge in [-0.1, -0.05) is 6.07 Å². The molecule has 2 aliphatic rings. The summed E-state index contributed by atoms with van der Waals surface area (Å²) in [4.78, 5) is 15.7. The van der Waals surface area contributed by atoms with E-state index in [1.54, 1.807) is 11.3 Å². The van der Waals surface area contributed by atoms with Crippen molar-refractivity contribution in [3.63, 3.8) is 0 Å². The molecule has 1 N–H and O–H groups in total. The minimum atomic E-state index is -0.0775. The third-order valence-corrected chi connectivity index (χ3v) is 5.43. The predicted molar refractivity (Wildman–Crippen MR) is 85.6 cm³/mol. The number of piperidine rings is 1. The number of nitrogens with one attached hydrogen (secondary N) is 1. The molecule has 0 saturated carbocycles. The standard InChI is InChI=1S/C16H24N2O3S/c1-12(15(19)17-11-14-3-2-10-22-14)18-6-4-13(5-7-18)16-20-8-9-21-16/h2-3,10,12-13,16H,4-9,11H2,1H3,(H,17,19). The molecule has 0 spiro atoms. The van der Waals surface area contributed by atoms with Crippen LogP contribution in [0.15, 0.2) is 17.5 Å². The Bertz CT molecular complexity index is 466. The van der Waals surface area contributed by atoms with Gasteiger partial charge in [-0.25, -0.2) is 0 Å². The molecule has 6 heteroatoms. The maximum absolute atomic E-state index is 12.3. The zero-order valence-corrected chi connectivity index (χ0v) is 13.8. The lowest BCUT2D eigenvalue weighted by molar-refractivity contribution is -0.128. The van der Waals surface area contributed by atoms with Crippen LogP contribution in [-0.4, -0.2) is 49.4 Å². The molecule has 22 heavy (non-hydrogen) atoms. The van der Waals surface area contributed by atoms with Gasteiger partial charge >= 0.3 is 0 Å². The third-order valence-electron chi connectivity index (χ3n) is 4.55. The molecular formula is C16H24N2O3S. The van der Waals surface area contributed by atoms with E-state index >= 15 is 0 Å². The summed E-state index contributed by atoms with van der Waals surface area (Å²) in [7, 11) is 0. The molecule has 0 aromatic carbocycles. The fraction of sp³-hybridized carbons (Fsp3) is 0.688. The maximum Gasteiger partial charge on any atom is 0.237 e. The summed E-state index contributed by atoms with van der Waals surface area (Å²) in [5, 5.41) is 5.06.